The van der Waals surface area contributed by atoms with E-state index in [1.165, 1.54) is 36.8 Å². The van der Waals surface area contributed by atoms with Crippen LogP contribution in [0.3, 0.4) is 0 Å². The maximum Gasteiger partial charge on any atom is 0.166 e. The summed E-state index contributed by atoms with van der Waals surface area (Å²) in [5.41, 5.74) is 2.48. The molecule has 2 N–H and O–H groups in total. The van der Waals surface area contributed by atoms with Crippen molar-refractivity contribution >= 4 is 17.3 Å². The number of benzene rings is 1. The predicted molar refractivity (Wildman–Crippen MR) is 96.6 cm³/mol. The van der Waals surface area contributed by atoms with Crippen molar-refractivity contribution in [1.29, 1.82) is 0 Å². The van der Waals surface area contributed by atoms with Crippen molar-refractivity contribution in [2.24, 2.45) is 5.92 Å². The fraction of sp³-hybridized carbons (Fsp3) is 0.611. The molecule has 3 nitrogen and oxygen atoms in total. The van der Waals surface area contributed by atoms with E-state index in [-0.39, 0.29) is 0 Å². The summed E-state index contributed by atoms with van der Waals surface area (Å²) in [6.45, 7) is 5.25. The Bertz CT molecular complexity index is 504. The van der Waals surface area contributed by atoms with E-state index in [2.05, 4.69) is 36.6 Å². The summed E-state index contributed by atoms with van der Waals surface area (Å²) in [4.78, 5) is 0. The normalized spacial score (nSPS) is 21.2. The molecule has 122 valence electrons. The Balaban J connectivity index is 1.78. The third-order valence-electron chi connectivity index (χ3n) is 4.54. The van der Waals surface area contributed by atoms with Crippen molar-refractivity contribution in [1.82, 2.24) is 10.6 Å². The minimum atomic E-state index is 0.530. The zero-order chi connectivity index (χ0) is 15.9. The maximum absolute atomic E-state index is 5.44. The molecule has 1 aromatic rings. The molecule has 0 saturated heterocycles. The minimum absolute atomic E-state index is 0.530. The van der Waals surface area contributed by atoms with Gasteiger partial charge in [0.05, 0.1) is 7.11 Å². The lowest BCUT2D eigenvalue weighted by Crippen LogP contribution is -2.46. The molecule has 0 bridgehead atoms. The molecule has 22 heavy (non-hydrogen) atoms. The third-order valence-corrected chi connectivity index (χ3v) is 4.81. The number of aryl methyl sites for hydroxylation is 1. The van der Waals surface area contributed by atoms with Crippen molar-refractivity contribution in [2.75, 3.05) is 13.7 Å². The summed E-state index contributed by atoms with van der Waals surface area (Å²) in [7, 11) is 1.72. The third kappa shape index (κ3) is 4.87. The largest absolute Gasteiger partial charge is 0.496 e. The molecule has 1 fully saturated rings. The van der Waals surface area contributed by atoms with E-state index >= 15 is 0 Å². The Morgan fingerprint density at radius 2 is 2.09 bits per heavy atom. The van der Waals surface area contributed by atoms with Crippen LogP contribution in [0.1, 0.15) is 43.7 Å². The number of hydrogen-bond acceptors (Lipinski definition) is 2. The second-order valence-electron chi connectivity index (χ2n) is 6.33. The van der Waals surface area contributed by atoms with Crippen LogP contribution in [0.15, 0.2) is 18.2 Å². The van der Waals surface area contributed by atoms with Gasteiger partial charge in [-0.1, -0.05) is 37.5 Å². The van der Waals surface area contributed by atoms with Crippen molar-refractivity contribution in [3.05, 3.63) is 29.3 Å². The highest BCUT2D eigenvalue weighted by molar-refractivity contribution is 7.80. The van der Waals surface area contributed by atoms with Gasteiger partial charge in [0.1, 0.15) is 5.75 Å². The highest BCUT2D eigenvalue weighted by Crippen LogP contribution is 2.23. The van der Waals surface area contributed by atoms with Crippen LogP contribution in [-0.2, 0) is 6.42 Å². The minimum Gasteiger partial charge on any atom is -0.496 e. The van der Waals surface area contributed by atoms with Gasteiger partial charge in [0.25, 0.3) is 0 Å². The second-order valence-corrected chi connectivity index (χ2v) is 6.74. The highest BCUT2D eigenvalue weighted by atomic mass is 32.1. The van der Waals surface area contributed by atoms with E-state index in [0.29, 0.717) is 12.0 Å². The maximum atomic E-state index is 5.44. The van der Waals surface area contributed by atoms with Crippen LogP contribution in [0, 0.1) is 12.8 Å². The van der Waals surface area contributed by atoms with Crippen LogP contribution in [0.25, 0.3) is 0 Å². The van der Waals surface area contributed by atoms with Crippen molar-refractivity contribution in [3.63, 3.8) is 0 Å². The van der Waals surface area contributed by atoms with Gasteiger partial charge in [-0.05, 0) is 56.0 Å². The standard InChI is InChI=1S/C18H28N2OS/c1-13-8-9-17(21-3)15(12-13)10-11-19-18(22)20-16-7-5-4-6-14(16)2/h8-9,12,14,16H,4-7,10-11H2,1-3H3,(H2,19,20,22)/t14-,16-/m1/s1. The van der Waals surface area contributed by atoms with Crippen LogP contribution in [0.4, 0.5) is 0 Å². The molecule has 1 aliphatic rings. The van der Waals surface area contributed by atoms with Crippen molar-refractivity contribution < 1.29 is 4.74 Å². The number of rotatable bonds is 5. The van der Waals surface area contributed by atoms with Gasteiger partial charge in [-0.25, -0.2) is 0 Å². The van der Waals surface area contributed by atoms with Crippen LogP contribution < -0.4 is 15.4 Å². The highest BCUT2D eigenvalue weighted by Gasteiger charge is 2.21. The van der Waals surface area contributed by atoms with Crippen LogP contribution in [0.2, 0.25) is 0 Å². The Morgan fingerprint density at radius 1 is 1.32 bits per heavy atom. The quantitative estimate of drug-likeness (QED) is 0.812. The molecule has 0 aliphatic heterocycles. The molecule has 1 aromatic carbocycles. The molecule has 2 rings (SSSR count). The molecule has 0 unspecified atom stereocenters. The molecule has 0 radical (unpaired) electrons. The molecule has 0 amide bonds. The molecule has 1 saturated carbocycles. The zero-order valence-electron chi connectivity index (χ0n) is 13.9. The number of methoxy groups -OCH3 is 1. The van der Waals surface area contributed by atoms with Crippen LogP contribution >= 0.6 is 12.2 Å². The Kier molecular flexibility index (Phi) is 6.49. The average molecular weight is 321 g/mol. The van der Waals surface area contributed by atoms with Gasteiger partial charge in [0, 0.05) is 12.6 Å². The van der Waals surface area contributed by atoms with Gasteiger partial charge < -0.3 is 15.4 Å². The SMILES string of the molecule is COc1ccc(C)cc1CCNC(=S)N[C@@H]1CCCC[C@H]1C. The molecule has 0 heterocycles. The van der Waals surface area contributed by atoms with Crippen molar-refractivity contribution in [2.45, 2.75) is 52.0 Å². The van der Waals surface area contributed by atoms with Crippen LogP contribution in [0.5, 0.6) is 5.75 Å². The second kappa shape index (κ2) is 8.37. The fourth-order valence-corrected chi connectivity index (χ4v) is 3.42. The smallest absolute Gasteiger partial charge is 0.166 e. The molecule has 0 spiro atoms. The van der Waals surface area contributed by atoms with Gasteiger partial charge in [-0.15, -0.1) is 0 Å². The fourth-order valence-electron chi connectivity index (χ4n) is 3.16. The van der Waals surface area contributed by atoms with E-state index in [1.807, 2.05) is 6.07 Å². The van der Waals surface area contributed by atoms with E-state index in [9.17, 15) is 0 Å². The Hall–Kier alpha value is -1.29. The zero-order valence-corrected chi connectivity index (χ0v) is 14.8. The summed E-state index contributed by atoms with van der Waals surface area (Å²) in [5.74, 6) is 1.66. The van der Waals surface area contributed by atoms with E-state index in [4.69, 9.17) is 17.0 Å². The lowest BCUT2D eigenvalue weighted by Gasteiger charge is -2.30. The summed E-state index contributed by atoms with van der Waals surface area (Å²) in [6, 6.07) is 6.82. The number of ether oxygens (including phenoxy) is 1. The number of hydrogen-bond donors (Lipinski definition) is 2. The topological polar surface area (TPSA) is 33.3 Å². The summed E-state index contributed by atoms with van der Waals surface area (Å²) in [6.07, 6.45) is 6.11. The number of thiocarbonyl (C=S) groups is 1. The molecular weight excluding hydrogens is 292 g/mol. The van der Waals surface area contributed by atoms with Gasteiger partial charge in [-0.3, -0.25) is 0 Å². The predicted octanol–water partition coefficient (Wildman–Crippen LogP) is 3.59. The lowest BCUT2D eigenvalue weighted by atomic mass is 9.86. The first-order chi connectivity index (χ1) is 10.6. The van der Waals surface area contributed by atoms with Gasteiger partial charge in [-0.2, -0.15) is 0 Å². The van der Waals surface area contributed by atoms with Gasteiger partial charge >= 0.3 is 0 Å². The Labute approximate surface area is 139 Å². The van der Waals surface area contributed by atoms with Crippen molar-refractivity contribution in [3.8, 4) is 5.75 Å². The average Bonchev–Trinajstić information content (AvgIpc) is 2.50. The van der Waals surface area contributed by atoms with E-state index in [1.54, 1.807) is 7.11 Å². The van der Waals surface area contributed by atoms with Gasteiger partial charge in [0.2, 0.25) is 0 Å². The molecule has 4 heteroatoms. The van der Waals surface area contributed by atoms with E-state index < -0.39 is 0 Å². The van der Waals surface area contributed by atoms with Crippen LogP contribution in [-0.4, -0.2) is 24.8 Å². The monoisotopic (exact) mass is 320 g/mol. The molecule has 2 atom stereocenters. The first-order valence-electron chi connectivity index (χ1n) is 8.28. The first kappa shape index (κ1) is 17.1. The van der Waals surface area contributed by atoms with Gasteiger partial charge in [0.15, 0.2) is 5.11 Å². The summed E-state index contributed by atoms with van der Waals surface area (Å²) >= 11 is 5.44. The lowest BCUT2D eigenvalue weighted by molar-refractivity contribution is 0.308. The molecule has 0 aromatic heterocycles. The number of nitrogens with one attached hydrogen (secondary N) is 2. The summed E-state index contributed by atoms with van der Waals surface area (Å²) < 4.78 is 5.42. The molecule has 1 aliphatic carbocycles. The summed E-state index contributed by atoms with van der Waals surface area (Å²) in [5, 5.41) is 7.60. The van der Waals surface area contributed by atoms with E-state index in [0.717, 1.165) is 23.8 Å². The molecular formula is C18H28N2OS. The Morgan fingerprint density at radius 3 is 2.82 bits per heavy atom. The first-order valence-corrected chi connectivity index (χ1v) is 8.69.